The van der Waals surface area contributed by atoms with E-state index in [-0.39, 0.29) is 11.9 Å². The van der Waals surface area contributed by atoms with Crippen LogP contribution in [0.2, 0.25) is 0 Å². The number of fused-ring (bicyclic) bond motifs is 1. The van der Waals surface area contributed by atoms with Crippen LogP contribution < -0.4 is 0 Å². The van der Waals surface area contributed by atoms with E-state index in [1.807, 2.05) is 11.5 Å². The molecule has 3 nitrogen and oxygen atoms in total. The molecule has 1 N–H and O–H groups in total. The lowest BCUT2D eigenvalue weighted by Crippen LogP contribution is -2.14. The van der Waals surface area contributed by atoms with Gasteiger partial charge >= 0.3 is 0 Å². The van der Waals surface area contributed by atoms with Gasteiger partial charge in [0.2, 0.25) is 0 Å². The van der Waals surface area contributed by atoms with Gasteiger partial charge in [-0.1, -0.05) is 0 Å². The van der Waals surface area contributed by atoms with E-state index in [9.17, 15) is 4.39 Å². The average molecular weight is 319 g/mol. The summed E-state index contributed by atoms with van der Waals surface area (Å²) < 4.78 is 21.6. The summed E-state index contributed by atoms with van der Waals surface area (Å²) in [4.78, 5) is 3.05. The molecule has 0 fully saturated rings. The van der Waals surface area contributed by atoms with Crippen LogP contribution >= 0.6 is 28.1 Å². The zero-order valence-corrected chi connectivity index (χ0v) is 11.9. The van der Waals surface area contributed by atoms with E-state index in [1.165, 1.54) is 6.07 Å². The molecule has 0 saturated heterocycles. The number of aromatic amines is 1. The number of nitrogens with zero attached hydrogens (tertiary/aromatic N) is 1. The first kappa shape index (κ1) is 12.7. The van der Waals surface area contributed by atoms with E-state index in [0.29, 0.717) is 15.8 Å². The minimum absolute atomic E-state index is 0.0207. The number of methoxy groups -OCH3 is 1. The molecule has 0 radical (unpaired) electrons. The highest BCUT2D eigenvalue weighted by Crippen LogP contribution is 2.23. The maximum absolute atomic E-state index is 13.5. The first-order valence-electron chi connectivity index (χ1n) is 5.13. The van der Waals surface area contributed by atoms with Crippen molar-refractivity contribution >= 4 is 39.2 Å². The second kappa shape index (κ2) is 4.88. The Bertz CT molecular complexity index is 607. The highest BCUT2D eigenvalue weighted by Gasteiger charge is 2.10. The largest absolute Gasteiger partial charge is 0.380 e. The lowest BCUT2D eigenvalue weighted by molar-refractivity contribution is 0.104. The van der Waals surface area contributed by atoms with Crippen molar-refractivity contribution in [3.8, 4) is 0 Å². The molecule has 1 unspecified atom stereocenters. The Morgan fingerprint density at radius 1 is 1.59 bits per heavy atom. The summed E-state index contributed by atoms with van der Waals surface area (Å²) in [6, 6.07) is 3.16. The number of imidazole rings is 1. The second-order valence-corrected chi connectivity index (χ2v) is 5.11. The van der Waals surface area contributed by atoms with Gasteiger partial charge in [0, 0.05) is 13.2 Å². The van der Waals surface area contributed by atoms with Gasteiger partial charge in [-0.15, -0.1) is 0 Å². The third kappa shape index (κ3) is 2.43. The summed E-state index contributed by atoms with van der Waals surface area (Å²) in [5.74, 6) is -0.301. The standard InChI is InChI=1S/C11H12BrFN2OS/c1-6(16-2)5-15-10-4-8(13)7(12)3-9(10)14-11(15)17/h3-4,6H,5H2,1-2H3,(H,14,17). The van der Waals surface area contributed by atoms with Crippen LogP contribution in [0.25, 0.3) is 11.0 Å². The first-order valence-corrected chi connectivity index (χ1v) is 6.33. The topological polar surface area (TPSA) is 29.9 Å². The highest BCUT2D eigenvalue weighted by atomic mass is 79.9. The van der Waals surface area contributed by atoms with Gasteiger partial charge in [-0.05, 0) is 41.1 Å². The number of H-pyrrole nitrogens is 1. The maximum Gasteiger partial charge on any atom is 0.178 e. The fourth-order valence-electron chi connectivity index (χ4n) is 1.66. The van der Waals surface area contributed by atoms with Crippen molar-refractivity contribution < 1.29 is 9.13 Å². The number of aromatic nitrogens is 2. The fourth-order valence-corrected chi connectivity index (χ4v) is 2.29. The smallest absolute Gasteiger partial charge is 0.178 e. The molecule has 1 atom stereocenters. The van der Waals surface area contributed by atoms with Gasteiger partial charge in [0.15, 0.2) is 4.77 Å². The molecule has 0 amide bonds. The number of hydrogen-bond donors (Lipinski definition) is 1. The van der Waals surface area contributed by atoms with Crippen molar-refractivity contribution in [2.75, 3.05) is 7.11 Å². The molecular weight excluding hydrogens is 307 g/mol. The average Bonchev–Trinajstić information content (AvgIpc) is 2.56. The van der Waals surface area contributed by atoms with Gasteiger partial charge in [-0.2, -0.15) is 0 Å². The molecule has 6 heteroatoms. The van der Waals surface area contributed by atoms with Crippen molar-refractivity contribution in [2.45, 2.75) is 19.6 Å². The summed E-state index contributed by atoms with van der Waals surface area (Å²) in [7, 11) is 1.64. The van der Waals surface area contributed by atoms with Crippen LogP contribution in [-0.2, 0) is 11.3 Å². The molecule has 1 heterocycles. The van der Waals surface area contributed by atoms with Gasteiger partial charge < -0.3 is 14.3 Å². The zero-order chi connectivity index (χ0) is 12.6. The van der Waals surface area contributed by atoms with Crippen LogP contribution in [0.1, 0.15) is 6.92 Å². The Hall–Kier alpha value is -0.720. The molecule has 1 aromatic carbocycles. The van der Waals surface area contributed by atoms with Crippen LogP contribution in [0.3, 0.4) is 0 Å². The second-order valence-electron chi connectivity index (χ2n) is 3.87. The van der Waals surface area contributed by atoms with E-state index in [2.05, 4.69) is 20.9 Å². The molecule has 17 heavy (non-hydrogen) atoms. The van der Waals surface area contributed by atoms with Gasteiger partial charge in [-0.25, -0.2) is 4.39 Å². The fraction of sp³-hybridized carbons (Fsp3) is 0.364. The summed E-state index contributed by atoms with van der Waals surface area (Å²) in [5, 5.41) is 0. The summed E-state index contributed by atoms with van der Waals surface area (Å²) >= 11 is 8.37. The predicted octanol–water partition coefficient (Wildman–Crippen LogP) is 3.64. The summed E-state index contributed by atoms with van der Waals surface area (Å²) in [6.45, 7) is 2.53. The molecule has 2 rings (SSSR count). The number of halogens is 2. The van der Waals surface area contributed by atoms with Crippen molar-refractivity contribution in [3.05, 3.63) is 27.2 Å². The molecule has 0 aliphatic carbocycles. The summed E-state index contributed by atoms with van der Waals surface area (Å²) in [6.07, 6.45) is 0.0207. The minimum atomic E-state index is -0.301. The predicted molar refractivity (Wildman–Crippen MR) is 71.3 cm³/mol. The van der Waals surface area contributed by atoms with E-state index < -0.39 is 0 Å². The lowest BCUT2D eigenvalue weighted by Gasteiger charge is -2.11. The summed E-state index contributed by atoms with van der Waals surface area (Å²) in [5.41, 5.74) is 1.56. The lowest BCUT2D eigenvalue weighted by atomic mass is 10.3. The zero-order valence-electron chi connectivity index (χ0n) is 9.46. The Kier molecular flexibility index (Phi) is 3.65. The molecule has 1 aromatic heterocycles. The molecule has 0 saturated carbocycles. The van der Waals surface area contributed by atoms with Crippen molar-refractivity contribution in [3.63, 3.8) is 0 Å². The number of rotatable bonds is 3. The Balaban J connectivity index is 2.58. The molecule has 0 aliphatic rings. The maximum atomic E-state index is 13.5. The van der Waals surface area contributed by atoms with Crippen LogP contribution in [-0.4, -0.2) is 22.8 Å². The van der Waals surface area contributed by atoms with Gasteiger partial charge in [-0.3, -0.25) is 0 Å². The molecule has 0 bridgehead atoms. The molecule has 0 aliphatic heterocycles. The number of ether oxygens (including phenoxy) is 1. The van der Waals surface area contributed by atoms with Crippen molar-refractivity contribution in [1.82, 2.24) is 9.55 Å². The Morgan fingerprint density at radius 3 is 2.94 bits per heavy atom. The molecule has 0 spiro atoms. The third-order valence-corrected chi connectivity index (χ3v) is 3.59. The van der Waals surface area contributed by atoms with Crippen LogP contribution in [0, 0.1) is 10.6 Å². The monoisotopic (exact) mass is 318 g/mol. The normalized spacial score (nSPS) is 13.2. The quantitative estimate of drug-likeness (QED) is 0.876. The highest BCUT2D eigenvalue weighted by molar-refractivity contribution is 9.10. The first-order chi connectivity index (χ1) is 8.02. The van der Waals surface area contributed by atoms with Crippen LogP contribution in [0.5, 0.6) is 0 Å². The van der Waals surface area contributed by atoms with E-state index in [0.717, 1.165) is 11.0 Å². The molecular formula is C11H12BrFN2OS. The van der Waals surface area contributed by atoms with Gasteiger partial charge in [0.25, 0.3) is 0 Å². The van der Waals surface area contributed by atoms with Gasteiger partial charge in [0.1, 0.15) is 5.82 Å². The SMILES string of the molecule is COC(C)Cn1c(=S)[nH]c2cc(Br)c(F)cc21. The number of nitrogens with one attached hydrogen (secondary N) is 1. The van der Waals surface area contributed by atoms with E-state index >= 15 is 0 Å². The van der Waals surface area contributed by atoms with Gasteiger partial charge in [0.05, 0.1) is 28.2 Å². The Labute approximate surface area is 112 Å². The van der Waals surface area contributed by atoms with Crippen molar-refractivity contribution in [2.24, 2.45) is 0 Å². The van der Waals surface area contributed by atoms with E-state index in [4.69, 9.17) is 17.0 Å². The number of benzene rings is 1. The van der Waals surface area contributed by atoms with Crippen LogP contribution in [0.4, 0.5) is 4.39 Å². The molecule has 2 aromatic rings. The number of hydrogen-bond acceptors (Lipinski definition) is 2. The van der Waals surface area contributed by atoms with Crippen molar-refractivity contribution in [1.29, 1.82) is 0 Å². The van der Waals surface area contributed by atoms with E-state index in [1.54, 1.807) is 13.2 Å². The third-order valence-electron chi connectivity index (χ3n) is 2.66. The molecule has 92 valence electrons. The van der Waals surface area contributed by atoms with Crippen LogP contribution in [0.15, 0.2) is 16.6 Å². The Morgan fingerprint density at radius 2 is 2.29 bits per heavy atom. The minimum Gasteiger partial charge on any atom is -0.380 e.